The van der Waals surface area contributed by atoms with Gasteiger partial charge in [-0.15, -0.1) is 0 Å². The van der Waals surface area contributed by atoms with Crippen molar-refractivity contribution in [3.8, 4) is 11.4 Å². The second kappa shape index (κ2) is 8.29. The summed E-state index contributed by atoms with van der Waals surface area (Å²) in [4.78, 5) is 11.9. The fraction of sp³-hybridized carbons (Fsp3) is 0.421. The van der Waals surface area contributed by atoms with Crippen LogP contribution in [0.15, 0.2) is 28.8 Å². The quantitative estimate of drug-likeness (QED) is 0.425. The number of hydrogen-bond acceptors (Lipinski definition) is 11. The van der Waals surface area contributed by atoms with E-state index in [1.807, 2.05) is 4.90 Å². The zero-order chi connectivity index (χ0) is 23.3. The molecule has 176 valence electrons. The Hall–Kier alpha value is -2.65. The van der Waals surface area contributed by atoms with E-state index in [4.69, 9.17) is 4.52 Å². The van der Waals surface area contributed by atoms with Crippen molar-refractivity contribution in [1.82, 2.24) is 24.7 Å². The summed E-state index contributed by atoms with van der Waals surface area (Å²) in [5.41, 5.74) is 1.46. The molecule has 33 heavy (non-hydrogen) atoms. The lowest BCUT2D eigenvalue weighted by atomic mass is 9.95. The predicted molar refractivity (Wildman–Crippen MR) is 120 cm³/mol. The summed E-state index contributed by atoms with van der Waals surface area (Å²) in [7, 11) is -1.80. The Labute approximate surface area is 193 Å². The zero-order valence-corrected chi connectivity index (χ0v) is 19.4. The molecule has 5 rings (SSSR count). The Balaban J connectivity index is 1.51. The van der Waals surface area contributed by atoms with Crippen LogP contribution in [0.25, 0.3) is 11.4 Å². The minimum Gasteiger partial charge on any atom is -0.361 e. The molecular weight excluding hydrogens is 473 g/mol. The van der Waals surface area contributed by atoms with Gasteiger partial charge in [0.05, 0.1) is 28.9 Å². The standard InChI is InChI=1S/C19H22FN7O4S2/c1-21-17(28)24-18-22-13-7-12-8-26(33(2,29)30)9-14(15(13)32-18)27(12)19-23-16(25-31-19)10-3-5-11(20)6-4-10/h3-6,12,14,17,21,28H,7-9H2,1-2H3,(H,22,24). The molecule has 0 amide bonds. The van der Waals surface area contributed by atoms with Crippen LogP contribution in [0.3, 0.4) is 0 Å². The molecule has 11 nitrogen and oxygen atoms in total. The van der Waals surface area contributed by atoms with Crippen LogP contribution in [0, 0.1) is 5.82 Å². The average Bonchev–Trinajstić information content (AvgIpc) is 3.40. The first-order valence-electron chi connectivity index (χ1n) is 10.2. The van der Waals surface area contributed by atoms with Crippen molar-refractivity contribution >= 4 is 32.5 Å². The molecule has 3 aromatic rings. The van der Waals surface area contributed by atoms with Crippen molar-refractivity contribution in [2.45, 2.75) is 24.9 Å². The third-order valence-electron chi connectivity index (χ3n) is 5.72. The summed E-state index contributed by atoms with van der Waals surface area (Å²) in [6, 6.07) is 5.39. The molecule has 1 saturated heterocycles. The first-order valence-corrected chi connectivity index (χ1v) is 12.8. The summed E-state index contributed by atoms with van der Waals surface area (Å²) in [6.07, 6.45) is 0.705. The molecule has 2 aromatic heterocycles. The van der Waals surface area contributed by atoms with Gasteiger partial charge in [0.2, 0.25) is 15.8 Å². The van der Waals surface area contributed by atoms with Gasteiger partial charge in [-0.05, 0) is 31.3 Å². The van der Waals surface area contributed by atoms with Gasteiger partial charge in [-0.25, -0.2) is 17.8 Å². The van der Waals surface area contributed by atoms with E-state index in [-0.39, 0.29) is 37.0 Å². The highest BCUT2D eigenvalue weighted by molar-refractivity contribution is 7.88. The molecule has 2 bridgehead atoms. The molecule has 0 aliphatic carbocycles. The van der Waals surface area contributed by atoms with E-state index >= 15 is 0 Å². The largest absolute Gasteiger partial charge is 0.361 e. The Morgan fingerprint density at radius 3 is 2.73 bits per heavy atom. The number of hydrogen-bond donors (Lipinski definition) is 3. The predicted octanol–water partition coefficient (Wildman–Crippen LogP) is 0.987. The maximum Gasteiger partial charge on any atom is 0.325 e. The van der Waals surface area contributed by atoms with E-state index in [0.717, 1.165) is 10.6 Å². The number of aromatic nitrogens is 3. The molecule has 14 heteroatoms. The van der Waals surface area contributed by atoms with E-state index < -0.39 is 16.4 Å². The second-order valence-corrected chi connectivity index (χ2v) is 10.9. The number of halogens is 1. The highest BCUT2D eigenvalue weighted by Gasteiger charge is 2.46. The van der Waals surface area contributed by atoms with E-state index in [1.54, 1.807) is 19.2 Å². The van der Waals surface area contributed by atoms with Crippen LogP contribution in [-0.4, -0.2) is 71.7 Å². The third-order valence-corrected chi connectivity index (χ3v) is 8.09. The molecule has 3 N–H and O–H groups in total. The molecule has 0 spiro atoms. The van der Waals surface area contributed by atoms with Gasteiger partial charge in [0.1, 0.15) is 5.82 Å². The fourth-order valence-corrected chi connectivity index (χ4v) is 6.11. The Morgan fingerprint density at radius 1 is 1.27 bits per heavy atom. The molecule has 0 saturated carbocycles. The number of anilines is 2. The number of sulfonamides is 1. The number of aliphatic hydroxyl groups excluding tert-OH is 1. The molecule has 3 atom stereocenters. The lowest BCUT2D eigenvalue weighted by Gasteiger charge is -2.47. The highest BCUT2D eigenvalue weighted by Crippen LogP contribution is 2.44. The maximum absolute atomic E-state index is 13.3. The van der Waals surface area contributed by atoms with Gasteiger partial charge in [-0.3, -0.25) is 5.32 Å². The summed E-state index contributed by atoms with van der Waals surface area (Å²) in [5.74, 6) is -0.0444. The molecule has 1 fully saturated rings. The maximum atomic E-state index is 13.3. The normalized spacial score (nSPS) is 21.6. The smallest absolute Gasteiger partial charge is 0.325 e. The van der Waals surface area contributed by atoms with Gasteiger partial charge in [0, 0.05) is 25.1 Å². The van der Waals surface area contributed by atoms with Crippen LogP contribution < -0.4 is 15.5 Å². The molecule has 1 aromatic carbocycles. The van der Waals surface area contributed by atoms with Crippen LogP contribution >= 0.6 is 11.3 Å². The van der Waals surface area contributed by atoms with Crippen molar-refractivity contribution in [2.75, 3.05) is 36.6 Å². The van der Waals surface area contributed by atoms with Gasteiger partial charge in [-0.1, -0.05) is 16.5 Å². The highest BCUT2D eigenvalue weighted by atomic mass is 32.2. The van der Waals surface area contributed by atoms with Crippen molar-refractivity contribution in [3.63, 3.8) is 0 Å². The van der Waals surface area contributed by atoms with Gasteiger partial charge < -0.3 is 19.8 Å². The summed E-state index contributed by atoms with van der Waals surface area (Å²) >= 11 is 1.35. The number of benzene rings is 1. The van der Waals surface area contributed by atoms with E-state index in [9.17, 15) is 17.9 Å². The Bertz CT molecular complexity index is 1260. The Morgan fingerprint density at radius 2 is 2.03 bits per heavy atom. The number of nitrogens with one attached hydrogen (secondary N) is 2. The number of thiazole rings is 1. The lowest BCUT2D eigenvalue weighted by molar-refractivity contribution is 0.175. The van der Waals surface area contributed by atoms with Crippen LogP contribution in [0.5, 0.6) is 0 Å². The summed E-state index contributed by atoms with van der Waals surface area (Å²) in [6.45, 7) is 0.454. The summed E-state index contributed by atoms with van der Waals surface area (Å²) < 4.78 is 45.0. The van der Waals surface area contributed by atoms with Crippen LogP contribution in [-0.2, 0) is 16.4 Å². The van der Waals surface area contributed by atoms with E-state index in [2.05, 4.69) is 25.8 Å². The van der Waals surface area contributed by atoms with Gasteiger partial charge in [0.15, 0.2) is 11.5 Å². The lowest BCUT2D eigenvalue weighted by Crippen LogP contribution is -2.59. The van der Waals surface area contributed by atoms with E-state index in [0.29, 0.717) is 22.9 Å². The topological polar surface area (TPSA) is 137 Å². The minimum absolute atomic E-state index is 0.201. The minimum atomic E-state index is -3.41. The van der Waals surface area contributed by atoms with Crippen LogP contribution in [0.4, 0.5) is 15.5 Å². The van der Waals surface area contributed by atoms with Crippen LogP contribution in [0.1, 0.15) is 16.6 Å². The number of aliphatic hydroxyl groups is 1. The first kappa shape index (κ1) is 22.2. The number of piperazine rings is 1. The molecular formula is C19H22FN7O4S2. The monoisotopic (exact) mass is 495 g/mol. The van der Waals surface area contributed by atoms with Crippen molar-refractivity contribution in [1.29, 1.82) is 0 Å². The first-order chi connectivity index (χ1) is 15.7. The second-order valence-electron chi connectivity index (χ2n) is 7.93. The SMILES string of the molecule is CNC(O)Nc1nc2c(s1)C1CN(S(C)(=O)=O)CC(C2)N1c1nc(-c2ccc(F)cc2)no1. The molecule has 3 unspecified atom stereocenters. The third kappa shape index (κ3) is 4.19. The number of rotatable bonds is 6. The van der Waals surface area contributed by atoms with Gasteiger partial charge >= 0.3 is 6.01 Å². The van der Waals surface area contributed by atoms with Crippen molar-refractivity contribution in [2.24, 2.45) is 0 Å². The molecule has 4 heterocycles. The fourth-order valence-electron chi connectivity index (χ4n) is 4.15. The van der Waals surface area contributed by atoms with Crippen LogP contribution in [0.2, 0.25) is 0 Å². The van der Waals surface area contributed by atoms with Gasteiger partial charge in [0.25, 0.3) is 0 Å². The average molecular weight is 496 g/mol. The molecule has 2 aliphatic heterocycles. The number of fused-ring (bicyclic) bond motifs is 4. The van der Waals surface area contributed by atoms with Gasteiger partial charge in [-0.2, -0.15) is 9.29 Å². The molecule has 0 radical (unpaired) electrons. The zero-order valence-electron chi connectivity index (χ0n) is 17.8. The van der Waals surface area contributed by atoms with Crippen molar-refractivity contribution in [3.05, 3.63) is 40.7 Å². The molecule has 2 aliphatic rings. The van der Waals surface area contributed by atoms with E-state index in [1.165, 1.54) is 34.0 Å². The number of nitrogens with zero attached hydrogens (tertiary/aromatic N) is 5. The Kier molecular flexibility index (Phi) is 5.56. The van der Waals surface area contributed by atoms with Crippen molar-refractivity contribution < 1.29 is 22.4 Å². The summed E-state index contributed by atoms with van der Waals surface area (Å²) in [5, 5.41) is 20.0.